The van der Waals surface area contributed by atoms with Gasteiger partial charge in [0.2, 0.25) is 0 Å². The molecular formula is C24H44O7. The van der Waals surface area contributed by atoms with Gasteiger partial charge in [0.05, 0.1) is 12.8 Å². The Morgan fingerprint density at radius 2 is 0.871 bits per heavy atom. The Morgan fingerprint density at radius 3 is 1.13 bits per heavy atom. The highest BCUT2D eigenvalue weighted by atomic mass is 16.6. The molecule has 0 radical (unpaired) electrons. The summed E-state index contributed by atoms with van der Waals surface area (Å²) in [5.41, 5.74) is -4.92. The van der Waals surface area contributed by atoms with Crippen LogP contribution in [0.5, 0.6) is 0 Å². The van der Waals surface area contributed by atoms with E-state index in [0.717, 1.165) is 0 Å². The molecule has 0 aliphatic heterocycles. The highest BCUT2D eigenvalue weighted by molar-refractivity contribution is 5.90. The average Bonchev–Trinajstić information content (AvgIpc) is 2.51. The lowest BCUT2D eigenvalue weighted by atomic mass is 9.91. The first-order valence-corrected chi connectivity index (χ1v) is 11.1. The van der Waals surface area contributed by atoms with Gasteiger partial charge in [-0.05, 0) is 59.3 Å². The van der Waals surface area contributed by atoms with Crippen LogP contribution >= 0.6 is 0 Å². The molecule has 0 aromatic heterocycles. The van der Waals surface area contributed by atoms with Crippen LogP contribution in [0, 0.1) is 17.8 Å². The number of hydrogen-bond acceptors (Lipinski definition) is 7. The van der Waals surface area contributed by atoms with E-state index in [1.54, 1.807) is 41.5 Å². The van der Waals surface area contributed by atoms with Crippen LogP contribution in [0.15, 0.2) is 0 Å². The van der Waals surface area contributed by atoms with E-state index in [1.165, 1.54) is 0 Å². The Bertz CT molecular complexity index is 606. The SMILES string of the molecule is CC(C)C(C)(C)OC(=O)CC(O)(CC(=O)OC(C)(C)C(C)C)C(=O)OC(C)(C)C(C)C. The minimum Gasteiger partial charge on any atom is -0.459 e. The average molecular weight is 445 g/mol. The van der Waals surface area contributed by atoms with Crippen molar-refractivity contribution in [2.75, 3.05) is 0 Å². The Balaban J connectivity index is 5.77. The topological polar surface area (TPSA) is 99.1 Å². The molecule has 0 aromatic carbocycles. The number of esters is 3. The second-order valence-electron chi connectivity index (χ2n) is 11.0. The van der Waals surface area contributed by atoms with Crippen molar-refractivity contribution in [3.63, 3.8) is 0 Å². The summed E-state index contributed by atoms with van der Waals surface area (Å²) in [4.78, 5) is 38.2. The standard InChI is InChI=1S/C24H44O7/c1-15(2)21(7,8)29-18(25)13-24(28,20(27)31-23(11,12)17(5)6)14-19(26)30-22(9,10)16(3)4/h15-17,28H,13-14H2,1-12H3. The minimum absolute atomic E-state index is 0.00757. The maximum atomic E-state index is 13.0. The number of aliphatic hydroxyl groups is 1. The Kier molecular flexibility index (Phi) is 9.78. The van der Waals surface area contributed by atoms with Gasteiger partial charge in [-0.3, -0.25) is 9.59 Å². The summed E-state index contributed by atoms with van der Waals surface area (Å²) in [6.45, 7) is 21.7. The molecule has 0 aliphatic carbocycles. The van der Waals surface area contributed by atoms with Gasteiger partial charge >= 0.3 is 17.9 Å². The van der Waals surface area contributed by atoms with Crippen molar-refractivity contribution in [2.45, 2.75) is 118 Å². The summed E-state index contributed by atoms with van der Waals surface area (Å²) >= 11 is 0. The van der Waals surface area contributed by atoms with Gasteiger partial charge in [-0.1, -0.05) is 41.5 Å². The fourth-order valence-corrected chi connectivity index (χ4v) is 2.03. The first kappa shape index (κ1) is 29.4. The van der Waals surface area contributed by atoms with Crippen molar-refractivity contribution in [1.82, 2.24) is 0 Å². The van der Waals surface area contributed by atoms with Crippen LogP contribution in [-0.2, 0) is 28.6 Å². The third-order valence-corrected chi connectivity index (χ3v) is 6.53. The Morgan fingerprint density at radius 1 is 0.613 bits per heavy atom. The van der Waals surface area contributed by atoms with Crippen molar-refractivity contribution in [2.24, 2.45) is 17.8 Å². The summed E-state index contributed by atoms with van der Waals surface area (Å²) < 4.78 is 16.5. The zero-order valence-electron chi connectivity index (χ0n) is 21.5. The van der Waals surface area contributed by atoms with Gasteiger partial charge in [-0.2, -0.15) is 0 Å². The normalized spacial score (nSPS) is 13.5. The molecule has 0 saturated heterocycles. The molecule has 0 fully saturated rings. The van der Waals surface area contributed by atoms with Crippen molar-refractivity contribution in [1.29, 1.82) is 0 Å². The number of carbonyl (C=O) groups is 3. The highest BCUT2D eigenvalue weighted by Crippen LogP contribution is 2.30. The van der Waals surface area contributed by atoms with E-state index < -0.39 is 53.2 Å². The lowest BCUT2D eigenvalue weighted by molar-refractivity contribution is -0.195. The number of hydrogen-bond donors (Lipinski definition) is 1. The van der Waals surface area contributed by atoms with Crippen LogP contribution < -0.4 is 0 Å². The molecule has 1 N–H and O–H groups in total. The quantitative estimate of drug-likeness (QED) is 0.372. The van der Waals surface area contributed by atoms with E-state index in [2.05, 4.69) is 0 Å². The van der Waals surface area contributed by atoms with Gasteiger partial charge in [0.15, 0.2) is 5.60 Å². The van der Waals surface area contributed by atoms with E-state index in [9.17, 15) is 19.5 Å². The molecular weight excluding hydrogens is 400 g/mol. The molecule has 7 heteroatoms. The number of ether oxygens (including phenoxy) is 3. The zero-order valence-corrected chi connectivity index (χ0v) is 21.5. The molecule has 182 valence electrons. The Labute approximate surface area is 188 Å². The van der Waals surface area contributed by atoms with E-state index in [-0.39, 0.29) is 17.8 Å². The first-order chi connectivity index (χ1) is 13.7. The molecule has 0 rings (SSSR count). The van der Waals surface area contributed by atoms with Crippen LogP contribution in [0.2, 0.25) is 0 Å². The maximum Gasteiger partial charge on any atom is 0.339 e. The fraction of sp³-hybridized carbons (Fsp3) is 0.875. The van der Waals surface area contributed by atoms with Crippen LogP contribution in [0.1, 0.15) is 95.9 Å². The van der Waals surface area contributed by atoms with Crippen LogP contribution in [-0.4, -0.2) is 45.4 Å². The van der Waals surface area contributed by atoms with E-state index in [4.69, 9.17) is 14.2 Å². The van der Waals surface area contributed by atoms with Gasteiger partial charge in [0.25, 0.3) is 0 Å². The molecule has 0 bridgehead atoms. The molecule has 0 unspecified atom stereocenters. The van der Waals surface area contributed by atoms with Crippen LogP contribution in [0.3, 0.4) is 0 Å². The zero-order chi connectivity index (χ0) is 25.0. The van der Waals surface area contributed by atoms with E-state index >= 15 is 0 Å². The molecule has 0 atom stereocenters. The molecule has 0 aliphatic rings. The lowest BCUT2D eigenvalue weighted by Gasteiger charge is -2.36. The fourth-order valence-electron chi connectivity index (χ4n) is 2.03. The Hall–Kier alpha value is -1.63. The largest absolute Gasteiger partial charge is 0.459 e. The molecule has 0 spiro atoms. The van der Waals surface area contributed by atoms with Crippen molar-refractivity contribution < 1.29 is 33.7 Å². The molecule has 31 heavy (non-hydrogen) atoms. The second kappa shape index (κ2) is 10.3. The predicted molar refractivity (Wildman–Crippen MR) is 119 cm³/mol. The smallest absolute Gasteiger partial charge is 0.339 e. The third-order valence-electron chi connectivity index (χ3n) is 6.53. The summed E-state index contributed by atoms with van der Waals surface area (Å²) in [5, 5.41) is 11.2. The molecule has 0 saturated carbocycles. The van der Waals surface area contributed by atoms with Gasteiger partial charge in [-0.15, -0.1) is 0 Å². The van der Waals surface area contributed by atoms with E-state index in [0.29, 0.717) is 0 Å². The summed E-state index contributed by atoms with van der Waals surface area (Å²) in [6, 6.07) is 0. The minimum atomic E-state index is -2.40. The first-order valence-electron chi connectivity index (χ1n) is 11.1. The van der Waals surface area contributed by atoms with Crippen LogP contribution in [0.25, 0.3) is 0 Å². The van der Waals surface area contributed by atoms with Crippen molar-refractivity contribution in [3.8, 4) is 0 Å². The van der Waals surface area contributed by atoms with Gasteiger partial charge in [-0.25, -0.2) is 4.79 Å². The number of rotatable bonds is 11. The van der Waals surface area contributed by atoms with Crippen LogP contribution in [0.4, 0.5) is 0 Å². The van der Waals surface area contributed by atoms with Gasteiger partial charge < -0.3 is 19.3 Å². The summed E-state index contributed by atoms with van der Waals surface area (Å²) in [6.07, 6.45) is -1.43. The van der Waals surface area contributed by atoms with Crippen molar-refractivity contribution >= 4 is 17.9 Å². The molecule has 0 heterocycles. The van der Waals surface area contributed by atoms with Crippen molar-refractivity contribution in [3.05, 3.63) is 0 Å². The third kappa shape index (κ3) is 8.79. The summed E-state index contributed by atoms with van der Waals surface area (Å²) in [5.74, 6) is -2.68. The van der Waals surface area contributed by atoms with Gasteiger partial charge in [0.1, 0.15) is 16.8 Å². The van der Waals surface area contributed by atoms with E-state index in [1.807, 2.05) is 41.5 Å². The molecule has 0 amide bonds. The lowest BCUT2D eigenvalue weighted by Crippen LogP contribution is -2.50. The molecule has 7 nitrogen and oxygen atoms in total. The predicted octanol–water partition coefficient (Wildman–Crippen LogP) is 4.43. The summed E-state index contributed by atoms with van der Waals surface area (Å²) in [7, 11) is 0. The number of carbonyl (C=O) groups excluding carboxylic acids is 3. The monoisotopic (exact) mass is 444 g/mol. The second-order valence-corrected chi connectivity index (χ2v) is 11.0. The maximum absolute atomic E-state index is 13.0. The van der Waals surface area contributed by atoms with Gasteiger partial charge in [0, 0.05) is 0 Å². The highest BCUT2D eigenvalue weighted by Gasteiger charge is 2.47. The molecule has 0 aromatic rings.